The van der Waals surface area contributed by atoms with Gasteiger partial charge in [-0.25, -0.2) is 14.8 Å². The number of pyridine rings is 2. The third-order valence-electron chi connectivity index (χ3n) is 6.02. The van der Waals surface area contributed by atoms with Gasteiger partial charge in [0.15, 0.2) is 0 Å². The number of para-hydroxylation sites is 2. The van der Waals surface area contributed by atoms with E-state index in [0.29, 0.717) is 33.2 Å². The third-order valence-corrected chi connectivity index (χ3v) is 6.02. The maximum Gasteiger partial charge on any atom is 1.00 e. The number of rotatable bonds is 4. The second-order valence-electron chi connectivity index (χ2n) is 8.47. The molecule has 0 amide bonds. The second kappa shape index (κ2) is 12.3. The first-order valence-corrected chi connectivity index (χ1v) is 11.9. The van der Waals surface area contributed by atoms with Gasteiger partial charge in [0.05, 0.1) is 34.0 Å². The summed E-state index contributed by atoms with van der Waals surface area (Å²) in [5, 5.41) is 21.8. The van der Waals surface area contributed by atoms with Crippen LogP contribution in [0.1, 0.15) is 20.7 Å². The van der Waals surface area contributed by atoms with Crippen molar-refractivity contribution in [1.82, 2.24) is 9.97 Å². The molecule has 0 atom stereocenters. The minimum absolute atomic E-state index is 0. The summed E-state index contributed by atoms with van der Waals surface area (Å²) in [6.45, 7) is 0. The molecule has 0 saturated heterocycles. The number of carbonyl (C=O) groups excluding carboxylic acids is 1. The molecule has 2 aromatic heterocycles. The van der Waals surface area contributed by atoms with E-state index in [1.165, 1.54) is 0 Å². The largest absolute Gasteiger partial charge is 1.00 e. The van der Waals surface area contributed by atoms with Crippen LogP contribution in [0.2, 0.25) is 0 Å². The van der Waals surface area contributed by atoms with Crippen LogP contribution in [-0.2, 0) is 22.4 Å². The van der Waals surface area contributed by atoms with Gasteiger partial charge in [-0.3, -0.25) is 0 Å². The zero-order chi connectivity index (χ0) is 26.5. The Morgan fingerprint density at radius 2 is 0.949 bits per heavy atom. The minimum atomic E-state index is -1.18. The normalized spacial score (nSPS) is 10.3. The van der Waals surface area contributed by atoms with Crippen LogP contribution in [0.5, 0.6) is 0 Å². The maximum absolute atomic E-state index is 11.4. The standard InChI is InChI=1S/2C16H11NO2.Ag/c2*18-16(19)13-10-15(11-6-2-1-3-7-11)17-14-9-5-4-8-12(13)14;/h2*1-10H,(H,18,19);/q;;+1/p-1. The number of carboxylic acids is 2. The first kappa shape index (κ1) is 27.4. The van der Waals surface area contributed by atoms with Gasteiger partial charge in [0.25, 0.3) is 0 Å². The van der Waals surface area contributed by atoms with E-state index < -0.39 is 11.9 Å². The van der Waals surface area contributed by atoms with E-state index in [0.717, 1.165) is 11.1 Å². The van der Waals surface area contributed by atoms with Crippen molar-refractivity contribution in [1.29, 1.82) is 0 Å². The van der Waals surface area contributed by atoms with Gasteiger partial charge in [-0.05, 0) is 24.3 Å². The number of hydrogen-bond donors (Lipinski definition) is 1. The van der Waals surface area contributed by atoms with Crippen LogP contribution in [0.3, 0.4) is 0 Å². The van der Waals surface area contributed by atoms with Crippen molar-refractivity contribution >= 4 is 33.7 Å². The molecule has 0 aliphatic heterocycles. The molecule has 4 aromatic carbocycles. The Labute approximate surface area is 240 Å². The second-order valence-corrected chi connectivity index (χ2v) is 8.47. The Morgan fingerprint density at radius 3 is 1.38 bits per heavy atom. The summed E-state index contributed by atoms with van der Waals surface area (Å²) >= 11 is 0. The number of aromatic carboxylic acids is 2. The topological polar surface area (TPSA) is 103 Å². The summed E-state index contributed by atoms with van der Waals surface area (Å²) in [7, 11) is 0. The fourth-order valence-electron chi connectivity index (χ4n) is 4.21. The molecular weight excluding hydrogens is 584 g/mol. The molecule has 39 heavy (non-hydrogen) atoms. The molecule has 6 nitrogen and oxygen atoms in total. The van der Waals surface area contributed by atoms with Gasteiger partial charge in [0, 0.05) is 27.5 Å². The third kappa shape index (κ3) is 6.10. The Bertz CT molecular complexity index is 1640. The SMILES string of the molecule is O=C(O)c1cc(-c2ccccc2)nc2ccccc12.O=C([O-])c1cc(-c2ccccc2)nc2ccccc12.[Ag+]. The Morgan fingerprint density at radius 1 is 0.564 bits per heavy atom. The summed E-state index contributed by atoms with van der Waals surface area (Å²) in [4.78, 5) is 31.7. The van der Waals surface area contributed by atoms with E-state index in [2.05, 4.69) is 9.97 Å². The summed E-state index contributed by atoms with van der Waals surface area (Å²) in [6.07, 6.45) is 0. The van der Waals surface area contributed by atoms with Gasteiger partial charge in [-0.2, -0.15) is 0 Å². The molecular formula is C32H21AgN2O4. The maximum atomic E-state index is 11.4. The molecule has 0 bridgehead atoms. The van der Waals surface area contributed by atoms with Crippen molar-refractivity contribution in [3.63, 3.8) is 0 Å². The Balaban J connectivity index is 0.000000176. The summed E-state index contributed by atoms with van der Waals surface area (Å²) in [5.41, 5.74) is 4.92. The van der Waals surface area contributed by atoms with Crippen molar-refractivity contribution in [3.8, 4) is 22.5 Å². The average molecular weight is 605 g/mol. The van der Waals surface area contributed by atoms with Crippen molar-refractivity contribution < 1.29 is 42.2 Å². The van der Waals surface area contributed by atoms with Crippen molar-refractivity contribution in [3.05, 3.63) is 132 Å². The Hall–Kier alpha value is -4.62. The smallest absolute Gasteiger partial charge is 0.545 e. The van der Waals surface area contributed by atoms with Crippen LogP contribution < -0.4 is 5.11 Å². The molecule has 0 aliphatic rings. The molecule has 0 aliphatic carbocycles. The molecule has 7 heteroatoms. The number of hydrogen-bond acceptors (Lipinski definition) is 5. The molecule has 1 N–H and O–H groups in total. The Kier molecular flexibility index (Phi) is 8.63. The quantitative estimate of drug-likeness (QED) is 0.253. The van der Waals surface area contributed by atoms with Gasteiger partial charge in [-0.1, -0.05) is 97.1 Å². The molecule has 0 fully saturated rings. The fourth-order valence-corrected chi connectivity index (χ4v) is 4.21. The zero-order valence-electron chi connectivity index (χ0n) is 20.4. The van der Waals surface area contributed by atoms with Crippen molar-refractivity contribution in [2.24, 2.45) is 0 Å². The van der Waals surface area contributed by atoms with Crippen LogP contribution in [0.15, 0.2) is 121 Å². The summed E-state index contributed by atoms with van der Waals surface area (Å²) in [6, 6.07) is 36.7. The zero-order valence-corrected chi connectivity index (χ0v) is 21.9. The van der Waals surface area contributed by atoms with Crippen molar-refractivity contribution in [2.45, 2.75) is 0 Å². The first-order chi connectivity index (χ1) is 18.5. The predicted octanol–water partition coefficient (Wildman–Crippen LogP) is 5.86. The van der Waals surface area contributed by atoms with Gasteiger partial charge in [0.2, 0.25) is 0 Å². The summed E-state index contributed by atoms with van der Waals surface area (Å²) < 4.78 is 0. The van der Waals surface area contributed by atoms with Crippen LogP contribution in [-0.4, -0.2) is 27.0 Å². The molecule has 0 spiro atoms. The van der Waals surface area contributed by atoms with Crippen molar-refractivity contribution in [2.75, 3.05) is 0 Å². The van der Waals surface area contributed by atoms with Gasteiger partial charge < -0.3 is 15.0 Å². The number of carboxylic acid groups (broad SMARTS) is 2. The minimum Gasteiger partial charge on any atom is -0.545 e. The van der Waals surface area contributed by atoms with Crippen LogP contribution in [0, 0.1) is 0 Å². The van der Waals surface area contributed by atoms with E-state index in [9.17, 15) is 19.8 Å². The molecule has 2 heterocycles. The average Bonchev–Trinajstić information content (AvgIpc) is 2.97. The van der Waals surface area contributed by atoms with E-state index in [4.69, 9.17) is 0 Å². The van der Waals surface area contributed by atoms with Crippen LogP contribution in [0.25, 0.3) is 44.3 Å². The fraction of sp³-hybridized carbons (Fsp3) is 0. The number of carbonyl (C=O) groups is 2. The van der Waals surface area contributed by atoms with E-state index in [-0.39, 0.29) is 33.5 Å². The molecule has 0 saturated carbocycles. The number of fused-ring (bicyclic) bond motifs is 2. The summed E-state index contributed by atoms with van der Waals surface area (Å²) in [5.74, 6) is -2.12. The van der Waals surface area contributed by atoms with Crippen LogP contribution >= 0.6 is 0 Å². The van der Waals surface area contributed by atoms with Gasteiger partial charge in [0.1, 0.15) is 0 Å². The number of benzene rings is 4. The number of nitrogens with zero attached hydrogens (tertiary/aromatic N) is 2. The first-order valence-electron chi connectivity index (χ1n) is 11.9. The molecule has 0 radical (unpaired) electrons. The van der Waals surface area contributed by atoms with E-state index >= 15 is 0 Å². The number of aromatic nitrogens is 2. The van der Waals surface area contributed by atoms with E-state index in [1.807, 2.05) is 84.9 Å². The van der Waals surface area contributed by atoms with Gasteiger partial charge >= 0.3 is 28.3 Å². The molecule has 0 unspecified atom stereocenters. The molecule has 6 aromatic rings. The molecule has 6 rings (SSSR count). The van der Waals surface area contributed by atoms with E-state index in [1.54, 1.807) is 36.4 Å². The molecule has 194 valence electrons. The predicted molar refractivity (Wildman–Crippen MR) is 146 cm³/mol. The van der Waals surface area contributed by atoms with Crippen LogP contribution in [0.4, 0.5) is 0 Å². The monoisotopic (exact) mass is 604 g/mol. The van der Waals surface area contributed by atoms with Gasteiger partial charge in [-0.15, -0.1) is 0 Å².